The van der Waals surface area contributed by atoms with Gasteiger partial charge in [-0.15, -0.1) is 0 Å². The lowest BCUT2D eigenvalue weighted by Gasteiger charge is -2.54. The van der Waals surface area contributed by atoms with Gasteiger partial charge < -0.3 is 18.6 Å². The van der Waals surface area contributed by atoms with Crippen LogP contribution in [0.2, 0.25) is 0 Å². The molecule has 2 fully saturated rings. The topological polar surface area (TPSA) is 78.6 Å². The Balaban J connectivity index is 1.35. The third-order valence-corrected chi connectivity index (χ3v) is 7.19. The zero-order valence-electron chi connectivity index (χ0n) is 17.4. The maximum atomic E-state index is 12.9. The first-order valence-electron chi connectivity index (χ1n) is 10.4. The summed E-state index contributed by atoms with van der Waals surface area (Å²) in [5.74, 6) is 0.729. The van der Waals surface area contributed by atoms with Gasteiger partial charge >= 0.3 is 0 Å². The second-order valence-electron chi connectivity index (χ2n) is 8.14. The van der Waals surface area contributed by atoms with Crippen molar-refractivity contribution in [2.75, 3.05) is 19.4 Å². The summed E-state index contributed by atoms with van der Waals surface area (Å²) in [7, 11) is 0. The number of furan rings is 1. The number of pyridine rings is 1. The SMILES string of the molecule is C[S+]([O-])c1ccc(-c2cc3nccc(-c4cccc(C(=O)N5C[C@H]6OCC65)c4)c3o2)cc1. The molecule has 1 amide bonds. The number of benzene rings is 2. The first-order valence-corrected chi connectivity index (χ1v) is 12.0. The molecule has 7 heteroatoms. The number of hydrogen-bond donors (Lipinski definition) is 0. The van der Waals surface area contributed by atoms with Crippen LogP contribution in [0.3, 0.4) is 0 Å². The quantitative estimate of drug-likeness (QED) is 0.443. The highest BCUT2D eigenvalue weighted by molar-refractivity contribution is 7.90. The monoisotopic (exact) mass is 444 g/mol. The van der Waals surface area contributed by atoms with Crippen molar-refractivity contribution in [2.24, 2.45) is 0 Å². The summed E-state index contributed by atoms with van der Waals surface area (Å²) in [5.41, 5.74) is 4.76. The maximum absolute atomic E-state index is 12.9. The van der Waals surface area contributed by atoms with Crippen LogP contribution in [0.5, 0.6) is 0 Å². The van der Waals surface area contributed by atoms with Gasteiger partial charge in [-0.1, -0.05) is 12.1 Å². The third kappa shape index (κ3) is 3.12. The second-order valence-corrected chi connectivity index (χ2v) is 9.52. The van der Waals surface area contributed by atoms with Gasteiger partial charge in [-0.3, -0.25) is 9.78 Å². The van der Waals surface area contributed by atoms with Crippen LogP contribution in [0, 0.1) is 0 Å². The predicted molar refractivity (Wildman–Crippen MR) is 122 cm³/mol. The normalized spacial score (nSPS) is 20.4. The van der Waals surface area contributed by atoms with E-state index in [0.717, 1.165) is 27.1 Å². The molecule has 32 heavy (non-hydrogen) atoms. The van der Waals surface area contributed by atoms with Crippen molar-refractivity contribution < 1.29 is 18.5 Å². The molecule has 0 N–H and O–H groups in total. The zero-order chi connectivity index (χ0) is 21.8. The van der Waals surface area contributed by atoms with Crippen LogP contribution in [0.25, 0.3) is 33.6 Å². The van der Waals surface area contributed by atoms with E-state index in [9.17, 15) is 9.35 Å². The first-order chi connectivity index (χ1) is 15.6. The number of nitrogens with zero attached hydrogens (tertiary/aromatic N) is 2. The Morgan fingerprint density at radius 1 is 1.12 bits per heavy atom. The van der Waals surface area contributed by atoms with Gasteiger partial charge in [0.05, 0.1) is 18.8 Å². The molecule has 2 aliphatic rings. The van der Waals surface area contributed by atoms with Gasteiger partial charge in [-0.25, -0.2) is 0 Å². The summed E-state index contributed by atoms with van der Waals surface area (Å²) in [4.78, 5) is 20.1. The summed E-state index contributed by atoms with van der Waals surface area (Å²) in [6.45, 7) is 1.30. The first kappa shape index (κ1) is 19.5. The Labute approximate surface area is 188 Å². The number of carbonyl (C=O) groups excluding carboxylic acids is 1. The van der Waals surface area contributed by atoms with Crippen molar-refractivity contribution in [1.82, 2.24) is 9.88 Å². The lowest BCUT2D eigenvalue weighted by molar-refractivity contribution is -0.195. The van der Waals surface area contributed by atoms with E-state index in [1.54, 1.807) is 12.5 Å². The highest BCUT2D eigenvalue weighted by Crippen LogP contribution is 2.35. The van der Waals surface area contributed by atoms with Crippen molar-refractivity contribution in [2.45, 2.75) is 17.0 Å². The van der Waals surface area contributed by atoms with Crippen LogP contribution < -0.4 is 0 Å². The molecule has 6 nitrogen and oxygen atoms in total. The number of aromatic nitrogens is 1. The third-order valence-electron chi connectivity index (χ3n) is 6.25. The van der Waals surface area contributed by atoms with Gasteiger partial charge in [0.1, 0.15) is 17.5 Å². The fraction of sp³-hybridized carbons (Fsp3) is 0.200. The number of morpholine rings is 1. The number of hydrogen-bond acceptors (Lipinski definition) is 5. The molecule has 6 rings (SSSR count). The van der Waals surface area contributed by atoms with E-state index in [-0.39, 0.29) is 18.1 Å². The molecule has 4 aromatic rings. The molecule has 4 heterocycles. The van der Waals surface area contributed by atoms with Gasteiger partial charge in [0, 0.05) is 35.5 Å². The number of carbonyl (C=O) groups is 1. The Morgan fingerprint density at radius 3 is 2.66 bits per heavy atom. The van der Waals surface area contributed by atoms with E-state index in [1.165, 1.54) is 0 Å². The number of likely N-dealkylation sites (tertiary alicyclic amines) is 1. The van der Waals surface area contributed by atoms with Crippen molar-refractivity contribution in [1.29, 1.82) is 0 Å². The lowest BCUT2D eigenvalue weighted by Crippen LogP contribution is -2.71. The molecule has 2 aromatic carbocycles. The number of rotatable bonds is 4. The summed E-state index contributed by atoms with van der Waals surface area (Å²) in [5, 5.41) is 0. The largest absolute Gasteiger partial charge is 0.612 e. The molecule has 160 valence electrons. The van der Waals surface area contributed by atoms with Crippen LogP contribution >= 0.6 is 0 Å². The lowest BCUT2D eigenvalue weighted by atomic mass is 9.93. The van der Waals surface area contributed by atoms with Crippen LogP contribution in [-0.2, 0) is 15.9 Å². The minimum Gasteiger partial charge on any atom is -0.612 e. The molecular weight excluding hydrogens is 424 g/mol. The summed E-state index contributed by atoms with van der Waals surface area (Å²) in [6, 6.07) is 19.2. The fourth-order valence-corrected chi connectivity index (χ4v) is 4.83. The molecule has 2 aliphatic heterocycles. The predicted octanol–water partition coefficient (Wildman–Crippen LogP) is 4.12. The summed E-state index contributed by atoms with van der Waals surface area (Å²) in [6.07, 6.45) is 3.63. The van der Waals surface area contributed by atoms with Crippen molar-refractivity contribution in [3.63, 3.8) is 0 Å². The minimum absolute atomic E-state index is 0.0373. The van der Waals surface area contributed by atoms with Crippen molar-refractivity contribution in [3.05, 3.63) is 72.4 Å². The van der Waals surface area contributed by atoms with E-state index in [1.807, 2.05) is 65.6 Å². The molecule has 0 spiro atoms. The van der Waals surface area contributed by atoms with E-state index in [0.29, 0.717) is 30.1 Å². The maximum Gasteiger partial charge on any atom is 0.254 e. The van der Waals surface area contributed by atoms with Gasteiger partial charge in [0.15, 0.2) is 10.5 Å². The molecular formula is C25H20N2O4S. The molecule has 3 atom stereocenters. The van der Waals surface area contributed by atoms with Gasteiger partial charge in [0.2, 0.25) is 0 Å². The van der Waals surface area contributed by atoms with Crippen LogP contribution in [0.1, 0.15) is 10.4 Å². The second kappa shape index (κ2) is 7.48. The molecule has 0 aliphatic carbocycles. The summed E-state index contributed by atoms with van der Waals surface area (Å²) < 4.78 is 23.3. The van der Waals surface area contributed by atoms with Crippen molar-refractivity contribution in [3.8, 4) is 22.5 Å². The van der Waals surface area contributed by atoms with Gasteiger partial charge in [0.25, 0.3) is 5.91 Å². The average molecular weight is 445 g/mol. The van der Waals surface area contributed by atoms with Gasteiger partial charge in [-0.05, 0) is 59.2 Å². The van der Waals surface area contributed by atoms with Crippen LogP contribution in [0.15, 0.2) is 76.2 Å². The van der Waals surface area contributed by atoms with Crippen LogP contribution in [-0.4, -0.2) is 51.9 Å². The molecule has 0 radical (unpaired) electrons. The van der Waals surface area contributed by atoms with E-state index in [4.69, 9.17) is 9.15 Å². The molecule has 2 aromatic heterocycles. The van der Waals surface area contributed by atoms with E-state index in [2.05, 4.69) is 4.98 Å². The minimum atomic E-state index is -1.02. The Bertz CT molecular complexity index is 1330. The number of fused-ring (bicyclic) bond motifs is 2. The zero-order valence-corrected chi connectivity index (χ0v) is 18.2. The summed E-state index contributed by atoms with van der Waals surface area (Å²) >= 11 is -1.02. The Hall–Kier alpha value is -3.13. The Morgan fingerprint density at radius 2 is 1.97 bits per heavy atom. The van der Waals surface area contributed by atoms with Crippen molar-refractivity contribution >= 4 is 28.2 Å². The smallest absolute Gasteiger partial charge is 0.254 e. The van der Waals surface area contributed by atoms with E-state index < -0.39 is 11.2 Å². The van der Waals surface area contributed by atoms with Crippen LogP contribution in [0.4, 0.5) is 0 Å². The molecule has 0 saturated carbocycles. The van der Waals surface area contributed by atoms with E-state index >= 15 is 0 Å². The highest BCUT2D eigenvalue weighted by atomic mass is 32.2. The number of ether oxygens (including phenoxy) is 1. The average Bonchev–Trinajstić information content (AvgIpc) is 3.25. The highest BCUT2D eigenvalue weighted by Gasteiger charge is 2.49. The Kier molecular flexibility index (Phi) is 4.57. The molecule has 0 bridgehead atoms. The standard InChI is InChI=1S/C25H20N2O4S/c1-32(29)18-7-5-15(6-8-18)22-12-20-24(31-22)19(9-10-26-20)16-3-2-4-17(11-16)25(28)27-13-23-21(27)14-30-23/h2-12,21,23H,13-14H2,1H3/t21?,23-,32?/m1/s1. The van der Waals surface area contributed by atoms with Gasteiger partial charge in [-0.2, -0.15) is 0 Å². The molecule has 2 unspecified atom stereocenters. The number of amides is 1. The fourth-order valence-electron chi connectivity index (χ4n) is 4.31. The molecule has 2 saturated heterocycles.